The molecular weight excluding hydrogens is 179 g/mol. The molecule has 70 valence electrons. The van der Waals surface area contributed by atoms with E-state index in [1.165, 1.54) is 6.07 Å². The average Bonchev–Trinajstić information content (AvgIpc) is 2.26. The van der Waals surface area contributed by atoms with E-state index in [9.17, 15) is 13.2 Å². The van der Waals surface area contributed by atoms with Crippen molar-refractivity contribution in [3.8, 4) is 0 Å². The molecule has 1 aliphatic carbocycles. The molecule has 0 saturated heterocycles. The molecule has 0 radical (unpaired) electrons. The highest BCUT2D eigenvalue weighted by atomic mass is 19.3. The molecule has 1 aliphatic rings. The third kappa shape index (κ3) is 1.17. The smallest absolute Gasteiger partial charge is 0.276 e. The third-order valence-corrected chi connectivity index (χ3v) is 2.27. The number of halogens is 3. The number of alkyl halides is 2. The van der Waals surface area contributed by atoms with Gasteiger partial charge < -0.3 is 5.73 Å². The molecule has 0 fully saturated rings. The van der Waals surface area contributed by atoms with E-state index in [0.29, 0.717) is 5.56 Å². The summed E-state index contributed by atoms with van der Waals surface area (Å²) in [5.74, 6) is -3.91. The first-order chi connectivity index (χ1) is 6.00. The summed E-state index contributed by atoms with van der Waals surface area (Å²) in [5, 5.41) is 0. The first-order valence-electron chi connectivity index (χ1n) is 3.97. The summed E-state index contributed by atoms with van der Waals surface area (Å²) >= 11 is 0. The molecule has 4 heteroatoms. The minimum absolute atomic E-state index is 0.199. The molecule has 2 rings (SSSR count). The lowest BCUT2D eigenvalue weighted by atomic mass is 10.1. The highest BCUT2D eigenvalue weighted by molar-refractivity contribution is 5.49. The number of aryl methyl sites for hydroxylation is 1. The normalized spacial score (nSPS) is 18.7. The molecule has 0 unspecified atom stereocenters. The summed E-state index contributed by atoms with van der Waals surface area (Å²) in [6, 6.07) is 2.36. The Labute approximate surface area is 73.4 Å². The minimum Gasteiger partial charge on any atom is -0.399 e. The van der Waals surface area contributed by atoms with Crippen LogP contribution in [0.1, 0.15) is 17.5 Å². The van der Waals surface area contributed by atoms with Crippen molar-refractivity contribution in [3.05, 3.63) is 29.1 Å². The summed E-state index contributed by atoms with van der Waals surface area (Å²) in [6.07, 6.45) is -0.118. The maximum absolute atomic E-state index is 13.1. The van der Waals surface area contributed by atoms with Crippen molar-refractivity contribution < 1.29 is 13.2 Å². The monoisotopic (exact) mass is 187 g/mol. The zero-order valence-corrected chi connectivity index (χ0v) is 6.78. The Morgan fingerprint density at radius 1 is 1.31 bits per heavy atom. The van der Waals surface area contributed by atoms with Gasteiger partial charge in [0.25, 0.3) is 5.92 Å². The van der Waals surface area contributed by atoms with Crippen molar-refractivity contribution in [1.82, 2.24) is 0 Å². The molecule has 0 aromatic heterocycles. The van der Waals surface area contributed by atoms with E-state index >= 15 is 0 Å². The number of fused-ring (bicyclic) bond motifs is 1. The molecule has 0 atom stereocenters. The predicted octanol–water partition coefficient (Wildman–Crippen LogP) is 2.45. The Hall–Kier alpha value is -1.19. The van der Waals surface area contributed by atoms with Crippen LogP contribution in [-0.4, -0.2) is 0 Å². The van der Waals surface area contributed by atoms with E-state index in [2.05, 4.69) is 0 Å². The molecule has 0 amide bonds. The molecule has 0 heterocycles. The lowest BCUT2D eigenvalue weighted by Gasteiger charge is -2.10. The topological polar surface area (TPSA) is 26.0 Å². The largest absolute Gasteiger partial charge is 0.399 e. The van der Waals surface area contributed by atoms with Crippen LogP contribution in [0, 0.1) is 5.82 Å². The molecule has 0 saturated carbocycles. The van der Waals surface area contributed by atoms with Gasteiger partial charge in [0.05, 0.1) is 5.56 Å². The molecule has 0 bridgehead atoms. The van der Waals surface area contributed by atoms with Crippen molar-refractivity contribution in [1.29, 1.82) is 0 Å². The van der Waals surface area contributed by atoms with Crippen LogP contribution in [0.5, 0.6) is 0 Å². The van der Waals surface area contributed by atoms with Gasteiger partial charge >= 0.3 is 0 Å². The second kappa shape index (κ2) is 2.40. The molecule has 1 aromatic rings. The van der Waals surface area contributed by atoms with Crippen LogP contribution in [0.15, 0.2) is 12.1 Å². The number of nitrogens with two attached hydrogens (primary N) is 1. The Morgan fingerprint density at radius 2 is 2.00 bits per heavy atom. The number of benzene rings is 1. The van der Waals surface area contributed by atoms with Crippen LogP contribution < -0.4 is 5.73 Å². The summed E-state index contributed by atoms with van der Waals surface area (Å²) in [5.41, 5.74) is 5.40. The number of anilines is 1. The number of hydrogen-bond acceptors (Lipinski definition) is 1. The molecular formula is C9H8F3N. The van der Waals surface area contributed by atoms with Crippen molar-refractivity contribution in [2.45, 2.75) is 18.8 Å². The average molecular weight is 187 g/mol. The lowest BCUT2D eigenvalue weighted by Crippen LogP contribution is -2.10. The Kier molecular flexibility index (Phi) is 1.55. The number of rotatable bonds is 0. The van der Waals surface area contributed by atoms with Gasteiger partial charge in [-0.05, 0) is 24.1 Å². The van der Waals surface area contributed by atoms with Crippen LogP contribution in [-0.2, 0) is 12.3 Å². The maximum Gasteiger partial charge on any atom is 0.276 e. The van der Waals surface area contributed by atoms with E-state index in [4.69, 9.17) is 5.73 Å². The number of nitrogen functional groups attached to an aromatic ring is 1. The van der Waals surface area contributed by atoms with Gasteiger partial charge in [-0.2, -0.15) is 0 Å². The van der Waals surface area contributed by atoms with Gasteiger partial charge in [-0.1, -0.05) is 0 Å². The van der Waals surface area contributed by atoms with Gasteiger partial charge in [0.2, 0.25) is 0 Å². The summed E-state index contributed by atoms with van der Waals surface area (Å²) in [4.78, 5) is 0. The van der Waals surface area contributed by atoms with E-state index in [-0.39, 0.29) is 18.5 Å². The third-order valence-electron chi connectivity index (χ3n) is 2.27. The van der Waals surface area contributed by atoms with E-state index in [1.54, 1.807) is 0 Å². The number of hydrogen-bond donors (Lipinski definition) is 1. The summed E-state index contributed by atoms with van der Waals surface area (Å²) in [7, 11) is 0. The van der Waals surface area contributed by atoms with Gasteiger partial charge in [0, 0.05) is 12.1 Å². The lowest BCUT2D eigenvalue weighted by molar-refractivity contribution is -0.00496. The standard InChI is InChI=1S/C9H8F3N/c10-7-4-6(13)3-5-1-2-9(11,12)8(5)7/h3-4H,1-2,13H2. The van der Waals surface area contributed by atoms with Crippen LogP contribution in [0.25, 0.3) is 0 Å². The fourth-order valence-electron chi connectivity index (χ4n) is 1.71. The van der Waals surface area contributed by atoms with Gasteiger partial charge in [0.15, 0.2) is 0 Å². The fraction of sp³-hybridized carbons (Fsp3) is 0.333. The SMILES string of the molecule is Nc1cc(F)c2c(c1)CCC2(F)F. The predicted molar refractivity (Wildman–Crippen MR) is 43.0 cm³/mol. The van der Waals surface area contributed by atoms with Crippen LogP contribution in [0.4, 0.5) is 18.9 Å². The summed E-state index contributed by atoms with van der Waals surface area (Å²) < 4.78 is 39.2. The van der Waals surface area contributed by atoms with Gasteiger partial charge in [0.1, 0.15) is 5.82 Å². The van der Waals surface area contributed by atoms with Crippen molar-refractivity contribution in [2.75, 3.05) is 5.73 Å². The molecule has 2 N–H and O–H groups in total. The highest BCUT2D eigenvalue weighted by Gasteiger charge is 2.41. The summed E-state index contributed by atoms with van der Waals surface area (Å²) in [6.45, 7) is 0. The van der Waals surface area contributed by atoms with E-state index in [0.717, 1.165) is 6.07 Å². The van der Waals surface area contributed by atoms with E-state index < -0.39 is 17.3 Å². The molecule has 13 heavy (non-hydrogen) atoms. The van der Waals surface area contributed by atoms with Crippen molar-refractivity contribution >= 4 is 5.69 Å². The first kappa shape index (κ1) is 8.41. The van der Waals surface area contributed by atoms with Crippen molar-refractivity contribution in [3.63, 3.8) is 0 Å². The van der Waals surface area contributed by atoms with E-state index in [1.807, 2.05) is 0 Å². The second-order valence-electron chi connectivity index (χ2n) is 3.24. The van der Waals surface area contributed by atoms with Crippen LogP contribution >= 0.6 is 0 Å². The quantitative estimate of drug-likeness (QED) is 0.620. The fourth-order valence-corrected chi connectivity index (χ4v) is 1.71. The minimum atomic E-state index is -3.02. The zero-order chi connectivity index (χ0) is 9.64. The highest BCUT2D eigenvalue weighted by Crippen LogP contribution is 2.43. The molecule has 0 spiro atoms. The van der Waals surface area contributed by atoms with Crippen LogP contribution in [0.3, 0.4) is 0 Å². The van der Waals surface area contributed by atoms with Gasteiger partial charge in [-0.25, -0.2) is 13.2 Å². The van der Waals surface area contributed by atoms with Gasteiger partial charge in [-0.15, -0.1) is 0 Å². The van der Waals surface area contributed by atoms with Crippen LogP contribution in [0.2, 0.25) is 0 Å². The maximum atomic E-state index is 13.1. The molecule has 0 aliphatic heterocycles. The second-order valence-corrected chi connectivity index (χ2v) is 3.24. The Balaban J connectivity index is 2.65. The molecule has 1 aromatic carbocycles. The zero-order valence-electron chi connectivity index (χ0n) is 6.78. The molecule has 1 nitrogen and oxygen atoms in total. The first-order valence-corrected chi connectivity index (χ1v) is 3.97. The Morgan fingerprint density at radius 3 is 2.69 bits per heavy atom. The van der Waals surface area contributed by atoms with Crippen molar-refractivity contribution in [2.24, 2.45) is 0 Å². The Bertz CT molecular complexity index is 360. The van der Waals surface area contributed by atoms with Gasteiger partial charge in [-0.3, -0.25) is 0 Å².